The summed E-state index contributed by atoms with van der Waals surface area (Å²) in [5, 5.41) is 7.48. The summed E-state index contributed by atoms with van der Waals surface area (Å²) >= 11 is 1.64. The first-order chi connectivity index (χ1) is 11.4. The topological polar surface area (TPSA) is 87.2 Å². The molecule has 126 valence electrons. The molecule has 0 aromatic carbocycles. The van der Waals surface area contributed by atoms with Crippen molar-refractivity contribution in [2.75, 3.05) is 18.4 Å². The van der Waals surface area contributed by atoms with E-state index in [4.69, 9.17) is 0 Å². The molecule has 0 aliphatic carbocycles. The van der Waals surface area contributed by atoms with Crippen LogP contribution in [-0.2, 0) is 4.79 Å². The summed E-state index contributed by atoms with van der Waals surface area (Å²) in [4.78, 5) is 34.9. The number of nitrogens with zero attached hydrogens (tertiary/aromatic N) is 3. The number of hydrogen-bond donors (Lipinski definition) is 2. The van der Waals surface area contributed by atoms with Gasteiger partial charge >= 0.3 is 6.03 Å². The van der Waals surface area contributed by atoms with Gasteiger partial charge in [-0.25, -0.2) is 14.8 Å². The van der Waals surface area contributed by atoms with Crippen LogP contribution in [0.5, 0.6) is 0 Å². The molecule has 1 fully saturated rings. The van der Waals surface area contributed by atoms with Crippen LogP contribution < -0.4 is 10.6 Å². The summed E-state index contributed by atoms with van der Waals surface area (Å²) in [5.74, 6) is 0.225. The molecule has 3 rings (SSSR count). The molecular formula is C16H19N5O2S. The smallest absolute Gasteiger partial charge is 0.325 e. The summed E-state index contributed by atoms with van der Waals surface area (Å²) in [5.41, 5.74) is 1.21. The lowest BCUT2D eigenvalue weighted by atomic mass is 10.0. The zero-order valence-corrected chi connectivity index (χ0v) is 14.6. The summed E-state index contributed by atoms with van der Waals surface area (Å²) in [6.07, 6.45) is 1.71. The van der Waals surface area contributed by atoms with Crippen molar-refractivity contribution in [3.63, 3.8) is 0 Å². The predicted octanol–water partition coefficient (Wildman–Crippen LogP) is 2.26. The molecule has 0 unspecified atom stereocenters. The highest BCUT2D eigenvalue weighted by Crippen LogP contribution is 2.27. The first-order valence-electron chi connectivity index (χ1n) is 7.64. The fraction of sp³-hybridized carbons (Fsp3) is 0.375. The highest BCUT2D eigenvalue weighted by Gasteiger charge is 2.44. The highest BCUT2D eigenvalue weighted by molar-refractivity contribution is 7.13. The molecule has 7 nitrogen and oxygen atoms in total. The van der Waals surface area contributed by atoms with Gasteiger partial charge in [0.2, 0.25) is 5.95 Å². The van der Waals surface area contributed by atoms with Crippen molar-refractivity contribution in [2.45, 2.75) is 26.3 Å². The Labute approximate surface area is 144 Å². The first-order valence-corrected chi connectivity index (χ1v) is 8.52. The number of nitrogens with one attached hydrogen (secondary N) is 2. The van der Waals surface area contributed by atoms with Crippen LogP contribution in [0.2, 0.25) is 0 Å². The van der Waals surface area contributed by atoms with Gasteiger partial charge in [-0.05, 0) is 43.8 Å². The number of amides is 3. The summed E-state index contributed by atoms with van der Waals surface area (Å²) in [7, 11) is 0. The molecule has 1 aliphatic rings. The van der Waals surface area contributed by atoms with Gasteiger partial charge in [-0.1, -0.05) is 0 Å². The van der Waals surface area contributed by atoms with E-state index in [0.29, 0.717) is 19.0 Å². The van der Waals surface area contributed by atoms with Gasteiger partial charge < -0.3 is 10.2 Å². The number of carbonyl (C=O) groups is 2. The molecule has 2 aromatic rings. The second-order valence-electron chi connectivity index (χ2n) is 6.09. The Bertz CT molecular complexity index is 786. The Kier molecular flexibility index (Phi) is 4.23. The largest absolute Gasteiger partial charge is 0.352 e. The Morgan fingerprint density at radius 3 is 2.75 bits per heavy atom. The Morgan fingerprint density at radius 2 is 2.12 bits per heavy atom. The molecule has 1 aliphatic heterocycles. The van der Waals surface area contributed by atoms with Crippen molar-refractivity contribution in [3.05, 3.63) is 29.3 Å². The van der Waals surface area contributed by atoms with Gasteiger partial charge in [0, 0.05) is 19.3 Å². The van der Waals surface area contributed by atoms with E-state index in [0.717, 1.165) is 10.6 Å². The molecule has 24 heavy (non-hydrogen) atoms. The third-order valence-electron chi connectivity index (χ3n) is 4.06. The number of rotatable bonds is 5. The molecule has 3 heterocycles. The second kappa shape index (κ2) is 6.20. The van der Waals surface area contributed by atoms with Crippen molar-refractivity contribution < 1.29 is 9.59 Å². The van der Waals surface area contributed by atoms with Gasteiger partial charge in [-0.3, -0.25) is 10.1 Å². The number of thiophene rings is 1. The van der Waals surface area contributed by atoms with Gasteiger partial charge in [-0.15, -0.1) is 11.3 Å². The molecule has 1 saturated heterocycles. The van der Waals surface area contributed by atoms with E-state index in [2.05, 4.69) is 26.7 Å². The lowest BCUT2D eigenvalue weighted by Crippen LogP contribution is -2.46. The Hall–Kier alpha value is -2.48. The molecule has 0 atom stereocenters. The lowest BCUT2D eigenvalue weighted by Gasteiger charge is -2.27. The number of anilines is 1. The third kappa shape index (κ3) is 2.96. The maximum absolute atomic E-state index is 11.8. The molecule has 0 radical (unpaired) electrons. The molecule has 0 saturated carbocycles. The highest BCUT2D eigenvalue weighted by atomic mass is 32.1. The number of aryl methyl sites for hydroxylation is 1. The van der Waals surface area contributed by atoms with Gasteiger partial charge in [0.1, 0.15) is 5.54 Å². The monoisotopic (exact) mass is 345 g/mol. The fourth-order valence-corrected chi connectivity index (χ4v) is 3.46. The number of carbonyl (C=O) groups excluding carboxylic acids is 2. The van der Waals surface area contributed by atoms with E-state index in [1.807, 2.05) is 18.4 Å². The minimum atomic E-state index is -0.838. The van der Waals surface area contributed by atoms with Crippen LogP contribution in [0.4, 0.5) is 10.7 Å². The Balaban J connectivity index is 1.65. The van der Waals surface area contributed by atoms with Crippen LogP contribution >= 0.6 is 11.3 Å². The summed E-state index contributed by atoms with van der Waals surface area (Å²) < 4.78 is 0. The molecule has 2 N–H and O–H groups in total. The SMILES string of the molecule is Cc1ccsc1-c1ccnc(NCCN2C(=O)NC(=O)C2(C)C)n1. The zero-order chi connectivity index (χ0) is 17.3. The number of aromatic nitrogens is 2. The van der Waals surface area contributed by atoms with E-state index >= 15 is 0 Å². The molecule has 0 bridgehead atoms. The molecule has 2 aromatic heterocycles. The van der Waals surface area contributed by atoms with E-state index < -0.39 is 5.54 Å². The average molecular weight is 345 g/mol. The molecule has 3 amide bonds. The van der Waals surface area contributed by atoms with E-state index in [9.17, 15) is 9.59 Å². The minimum absolute atomic E-state index is 0.279. The van der Waals surface area contributed by atoms with Crippen molar-refractivity contribution in [1.29, 1.82) is 0 Å². The molecule has 8 heteroatoms. The van der Waals surface area contributed by atoms with Gasteiger partial charge in [0.15, 0.2) is 0 Å². The second-order valence-corrected chi connectivity index (χ2v) is 7.01. The Morgan fingerprint density at radius 1 is 1.33 bits per heavy atom. The molecule has 0 spiro atoms. The van der Waals surface area contributed by atoms with Crippen LogP contribution in [0.25, 0.3) is 10.6 Å². The van der Waals surface area contributed by atoms with Crippen LogP contribution in [0.3, 0.4) is 0 Å². The minimum Gasteiger partial charge on any atom is -0.352 e. The maximum atomic E-state index is 11.8. The fourth-order valence-electron chi connectivity index (χ4n) is 2.56. The van der Waals surface area contributed by atoms with E-state index in [1.54, 1.807) is 31.4 Å². The van der Waals surface area contributed by atoms with Gasteiger partial charge in [0.05, 0.1) is 10.6 Å². The van der Waals surface area contributed by atoms with Crippen LogP contribution in [0, 0.1) is 6.92 Å². The van der Waals surface area contributed by atoms with Crippen molar-refractivity contribution in [1.82, 2.24) is 20.2 Å². The normalized spacial score (nSPS) is 16.4. The number of hydrogen-bond acceptors (Lipinski definition) is 6. The number of imide groups is 1. The van der Waals surface area contributed by atoms with E-state index in [-0.39, 0.29) is 11.9 Å². The first kappa shape index (κ1) is 16.4. The average Bonchev–Trinajstić information content (AvgIpc) is 3.04. The lowest BCUT2D eigenvalue weighted by molar-refractivity contribution is -0.125. The standard InChI is InChI=1S/C16H19N5O2S/c1-10-5-9-24-12(10)11-4-6-17-14(19-11)18-7-8-21-15(23)20-13(22)16(21,2)3/h4-6,9H,7-8H2,1-3H3,(H,17,18,19)(H,20,22,23). The number of urea groups is 1. The van der Waals surface area contributed by atoms with Crippen LogP contribution in [-0.4, -0.2) is 45.4 Å². The van der Waals surface area contributed by atoms with Crippen molar-refractivity contribution >= 4 is 29.2 Å². The third-order valence-corrected chi connectivity index (χ3v) is 5.10. The van der Waals surface area contributed by atoms with Gasteiger partial charge in [-0.2, -0.15) is 0 Å². The van der Waals surface area contributed by atoms with Crippen molar-refractivity contribution in [3.8, 4) is 10.6 Å². The predicted molar refractivity (Wildman–Crippen MR) is 92.9 cm³/mol. The van der Waals surface area contributed by atoms with Gasteiger partial charge in [0.25, 0.3) is 5.91 Å². The summed E-state index contributed by atoms with van der Waals surface area (Å²) in [6.45, 7) is 6.34. The van der Waals surface area contributed by atoms with Crippen molar-refractivity contribution in [2.24, 2.45) is 0 Å². The maximum Gasteiger partial charge on any atom is 0.325 e. The summed E-state index contributed by atoms with van der Waals surface area (Å²) in [6, 6.07) is 3.57. The molecular weight excluding hydrogens is 326 g/mol. The van der Waals surface area contributed by atoms with Crippen LogP contribution in [0.1, 0.15) is 19.4 Å². The quantitative estimate of drug-likeness (QED) is 0.812. The van der Waals surface area contributed by atoms with E-state index in [1.165, 1.54) is 10.5 Å². The van der Waals surface area contributed by atoms with Crippen LogP contribution in [0.15, 0.2) is 23.7 Å². The zero-order valence-electron chi connectivity index (χ0n) is 13.8.